The molecule has 1 atom stereocenters. The van der Waals surface area contributed by atoms with Crippen molar-refractivity contribution in [1.82, 2.24) is 5.32 Å². The Morgan fingerprint density at radius 2 is 1.80 bits per heavy atom. The fraction of sp³-hybridized carbons (Fsp3) is 0.467. The number of carboxylic acid groups (broad SMARTS) is 1. The molecule has 5 nitrogen and oxygen atoms in total. The highest BCUT2D eigenvalue weighted by atomic mass is 16.5. The van der Waals surface area contributed by atoms with Crippen molar-refractivity contribution in [2.75, 3.05) is 6.61 Å². The minimum absolute atomic E-state index is 0.409. The Kier molecular flexibility index (Phi) is 6.03. The molecule has 0 spiro atoms. The van der Waals surface area contributed by atoms with Crippen LogP contribution in [0.15, 0.2) is 24.3 Å². The van der Waals surface area contributed by atoms with Crippen molar-refractivity contribution in [2.24, 2.45) is 5.92 Å². The maximum Gasteiger partial charge on any atom is 0.325 e. The molecule has 0 bridgehead atoms. The smallest absolute Gasteiger partial charge is 0.325 e. The van der Waals surface area contributed by atoms with Gasteiger partial charge >= 0.3 is 5.97 Å². The summed E-state index contributed by atoms with van der Waals surface area (Å²) in [4.78, 5) is 22.4. The van der Waals surface area contributed by atoms with E-state index in [0.29, 0.717) is 23.8 Å². The van der Waals surface area contributed by atoms with Gasteiger partial charge in [-0.05, 0) is 43.5 Å². The van der Waals surface area contributed by atoms with Gasteiger partial charge in [-0.2, -0.15) is 0 Å². The van der Waals surface area contributed by atoms with Crippen molar-refractivity contribution in [3.63, 3.8) is 0 Å². The van der Waals surface area contributed by atoms with Gasteiger partial charge in [0.15, 0.2) is 0 Å². The average Bonchev–Trinajstić information content (AvgIpc) is 2.38. The van der Waals surface area contributed by atoms with Crippen LogP contribution < -0.4 is 10.1 Å². The molecule has 20 heavy (non-hydrogen) atoms. The van der Waals surface area contributed by atoms with Crippen molar-refractivity contribution >= 4 is 11.9 Å². The lowest BCUT2D eigenvalue weighted by molar-refractivity contribution is -0.138. The zero-order valence-corrected chi connectivity index (χ0v) is 12.1. The number of benzene rings is 1. The Labute approximate surface area is 118 Å². The van der Waals surface area contributed by atoms with Crippen molar-refractivity contribution in [3.8, 4) is 5.75 Å². The molecule has 0 radical (unpaired) electrons. The zero-order chi connectivity index (χ0) is 15.1. The third-order valence-corrected chi connectivity index (χ3v) is 2.80. The molecular weight excluding hydrogens is 258 g/mol. The summed E-state index contributed by atoms with van der Waals surface area (Å²) in [7, 11) is 0. The number of hydrogen-bond acceptors (Lipinski definition) is 3. The van der Waals surface area contributed by atoms with Crippen LogP contribution in [-0.4, -0.2) is 29.6 Å². The van der Waals surface area contributed by atoms with Gasteiger partial charge < -0.3 is 15.2 Å². The zero-order valence-electron chi connectivity index (χ0n) is 12.1. The van der Waals surface area contributed by atoms with E-state index >= 15 is 0 Å². The van der Waals surface area contributed by atoms with E-state index in [0.717, 1.165) is 6.42 Å². The molecule has 0 saturated heterocycles. The summed E-state index contributed by atoms with van der Waals surface area (Å²) < 4.78 is 5.55. The minimum atomic E-state index is -1.06. The van der Waals surface area contributed by atoms with Crippen LogP contribution in [0.5, 0.6) is 5.75 Å². The Bertz CT molecular complexity index is 453. The van der Waals surface area contributed by atoms with Crippen LogP contribution in [0.2, 0.25) is 0 Å². The van der Waals surface area contributed by atoms with Crippen LogP contribution >= 0.6 is 0 Å². The second-order valence-corrected chi connectivity index (χ2v) is 5.09. The lowest BCUT2D eigenvalue weighted by Crippen LogP contribution is -2.38. The number of hydrogen-bond donors (Lipinski definition) is 2. The summed E-state index contributed by atoms with van der Waals surface area (Å²) in [5.74, 6) is -0.188. The second-order valence-electron chi connectivity index (χ2n) is 5.09. The van der Waals surface area contributed by atoms with Crippen LogP contribution in [-0.2, 0) is 4.79 Å². The second kappa shape index (κ2) is 7.53. The Morgan fingerprint density at radius 1 is 1.20 bits per heavy atom. The molecule has 0 aliphatic heterocycles. The first-order chi connectivity index (χ1) is 9.40. The first kappa shape index (κ1) is 16.0. The molecular formula is C15H21NO4. The molecule has 0 saturated carbocycles. The third kappa shape index (κ3) is 5.30. The molecule has 5 heteroatoms. The number of nitrogens with one attached hydrogen (secondary N) is 1. The fourth-order valence-electron chi connectivity index (χ4n) is 1.46. The summed E-state index contributed by atoms with van der Waals surface area (Å²) >= 11 is 0. The molecule has 1 aromatic carbocycles. The number of aliphatic carboxylic acids is 1. The summed E-state index contributed by atoms with van der Waals surface area (Å²) in [5, 5.41) is 11.1. The molecule has 0 aromatic heterocycles. The molecule has 0 aliphatic carbocycles. The van der Waals surface area contributed by atoms with Gasteiger partial charge in [0.05, 0.1) is 6.61 Å². The van der Waals surface area contributed by atoms with E-state index in [9.17, 15) is 9.59 Å². The quantitative estimate of drug-likeness (QED) is 0.803. The topological polar surface area (TPSA) is 75.6 Å². The SMILES string of the molecule is CC(C)CCOc1ccc(C(=O)NC(C)C(=O)O)cc1. The number of carboxylic acids is 1. The highest BCUT2D eigenvalue weighted by Crippen LogP contribution is 2.13. The third-order valence-electron chi connectivity index (χ3n) is 2.80. The van der Waals surface area contributed by atoms with Crippen LogP contribution in [0, 0.1) is 5.92 Å². The summed E-state index contributed by atoms with van der Waals surface area (Å²) in [6.07, 6.45) is 0.971. The monoisotopic (exact) mass is 279 g/mol. The molecule has 0 fully saturated rings. The Hall–Kier alpha value is -2.04. The van der Waals surface area contributed by atoms with Gasteiger partial charge in [0.2, 0.25) is 0 Å². The lowest BCUT2D eigenvalue weighted by atomic mass is 10.1. The van der Waals surface area contributed by atoms with E-state index in [-0.39, 0.29) is 0 Å². The highest BCUT2D eigenvalue weighted by Gasteiger charge is 2.15. The number of carbonyl (C=O) groups is 2. The van der Waals surface area contributed by atoms with E-state index in [2.05, 4.69) is 19.2 Å². The molecule has 1 rings (SSSR count). The summed E-state index contributed by atoms with van der Waals surface area (Å²) in [5.41, 5.74) is 0.411. The number of rotatable bonds is 7. The lowest BCUT2D eigenvalue weighted by Gasteiger charge is -2.10. The van der Waals surface area contributed by atoms with Gasteiger partial charge in [-0.25, -0.2) is 0 Å². The maximum absolute atomic E-state index is 11.8. The van der Waals surface area contributed by atoms with Crippen LogP contribution in [0.4, 0.5) is 0 Å². The number of amides is 1. The van der Waals surface area contributed by atoms with Gasteiger partial charge in [0, 0.05) is 5.56 Å². The maximum atomic E-state index is 11.8. The van der Waals surface area contributed by atoms with E-state index in [1.807, 2.05) is 0 Å². The summed E-state index contributed by atoms with van der Waals surface area (Å²) in [6, 6.07) is 5.74. The molecule has 2 N–H and O–H groups in total. The van der Waals surface area contributed by atoms with Gasteiger partial charge in [-0.3, -0.25) is 9.59 Å². The predicted molar refractivity (Wildman–Crippen MR) is 76.0 cm³/mol. The molecule has 1 amide bonds. The first-order valence-electron chi connectivity index (χ1n) is 6.66. The summed E-state index contributed by atoms with van der Waals surface area (Å²) in [6.45, 7) is 6.31. The molecule has 0 heterocycles. The van der Waals surface area contributed by atoms with Crippen molar-refractivity contribution < 1.29 is 19.4 Å². The number of carbonyl (C=O) groups excluding carboxylic acids is 1. The van der Waals surface area contributed by atoms with E-state index in [1.54, 1.807) is 24.3 Å². The van der Waals surface area contributed by atoms with Crippen LogP contribution in [0.25, 0.3) is 0 Å². The van der Waals surface area contributed by atoms with Gasteiger partial charge in [0.25, 0.3) is 5.91 Å². The van der Waals surface area contributed by atoms with E-state index < -0.39 is 17.9 Å². The largest absolute Gasteiger partial charge is 0.494 e. The van der Waals surface area contributed by atoms with Crippen molar-refractivity contribution in [1.29, 1.82) is 0 Å². The van der Waals surface area contributed by atoms with Crippen molar-refractivity contribution in [3.05, 3.63) is 29.8 Å². The van der Waals surface area contributed by atoms with E-state index in [4.69, 9.17) is 9.84 Å². The fourth-order valence-corrected chi connectivity index (χ4v) is 1.46. The minimum Gasteiger partial charge on any atom is -0.494 e. The standard InChI is InChI=1S/C15H21NO4/c1-10(2)8-9-20-13-6-4-12(5-7-13)14(17)16-11(3)15(18)19/h4-7,10-11H,8-9H2,1-3H3,(H,16,17)(H,18,19). The van der Waals surface area contributed by atoms with E-state index in [1.165, 1.54) is 6.92 Å². The van der Waals surface area contributed by atoms with Crippen LogP contribution in [0.3, 0.4) is 0 Å². The average molecular weight is 279 g/mol. The molecule has 1 unspecified atom stereocenters. The molecule has 110 valence electrons. The van der Waals surface area contributed by atoms with Gasteiger partial charge in [-0.1, -0.05) is 13.8 Å². The Balaban J connectivity index is 2.53. The first-order valence-corrected chi connectivity index (χ1v) is 6.66. The predicted octanol–water partition coefficient (Wildman–Crippen LogP) is 2.31. The molecule has 1 aromatic rings. The highest BCUT2D eigenvalue weighted by molar-refractivity contribution is 5.96. The van der Waals surface area contributed by atoms with Gasteiger partial charge in [0.1, 0.15) is 11.8 Å². The number of ether oxygens (including phenoxy) is 1. The van der Waals surface area contributed by atoms with Crippen molar-refractivity contribution in [2.45, 2.75) is 33.2 Å². The Morgan fingerprint density at radius 3 is 2.30 bits per heavy atom. The van der Waals surface area contributed by atoms with Gasteiger partial charge in [-0.15, -0.1) is 0 Å². The van der Waals surface area contributed by atoms with Crippen LogP contribution in [0.1, 0.15) is 37.6 Å². The normalized spacial score (nSPS) is 12.0. The molecule has 0 aliphatic rings.